The number of aliphatic hydroxyl groups excluding tert-OH is 1. The molecule has 0 saturated carbocycles. The van der Waals surface area contributed by atoms with E-state index in [9.17, 15) is 5.11 Å². The van der Waals surface area contributed by atoms with Crippen molar-refractivity contribution in [2.24, 2.45) is 5.73 Å². The maximum atomic E-state index is 9.31. The van der Waals surface area contributed by atoms with Crippen LogP contribution in [0.1, 0.15) is 13.3 Å². The summed E-state index contributed by atoms with van der Waals surface area (Å²) in [6.45, 7) is 4.90. The van der Waals surface area contributed by atoms with Gasteiger partial charge in [0, 0.05) is 12.6 Å². The van der Waals surface area contributed by atoms with Crippen LogP contribution >= 0.6 is 0 Å². The van der Waals surface area contributed by atoms with Crippen LogP contribution in [-0.2, 0) is 0 Å². The molecule has 60 valence electrons. The molecule has 1 heterocycles. The second kappa shape index (κ2) is 3.32. The van der Waals surface area contributed by atoms with Crippen LogP contribution in [0.25, 0.3) is 0 Å². The van der Waals surface area contributed by atoms with Gasteiger partial charge in [0.1, 0.15) is 0 Å². The van der Waals surface area contributed by atoms with Gasteiger partial charge in [0.15, 0.2) is 0 Å². The average Bonchev–Trinajstić information content (AvgIpc) is 1.95. The van der Waals surface area contributed by atoms with Gasteiger partial charge in [0.2, 0.25) is 0 Å². The molecule has 3 nitrogen and oxygen atoms in total. The number of rotatable bonds is 1. The van der Waals surface area contributed by atoms with Crippen molar-refractivity contribution in [3.63, 3.8) is 0 Å². The number of β-amino-alcohol motifs (C(OH)–C–C–N with tert-alkyl or cyclic N) is 1. The zero-order valence-electron chi connectivity index (χ0n) is 6.45. The molecule has 0 spiro atoms. The van der Waals surface area contributed by atoms with Gasteiger partial charge in [0.25, 0.3) is 0 Å². The predicted molar refractivity (Wildman–Crippen MR) is 40.7 cm³/mol. The van der Waals surface area contributed by atoms with E-state index in [0.717, 1.165) is 26.1 Å². The first-order chi connectivity index (χ1) is 4.74. The first-order valence-corrected chi connectivity index (χ1v) is 3.90. The molecule has 3 N–H and O–H groups in total. The smallest absolute Gasteiger partial charge is 0.0818 e. The lowest BCUT2D eigenvalue weighted by Crippen LogP contribution is -2.50. The quantitative estimate of drug-likeness (QED) is 0.516. The molecule has 0 aromatic rings. The molecule has 2 unspecified atom stereocenters. The number of likely N-dealkylation sites (tertiary alicyclic amines) is 1. The Labute approximate surface area is 61.8 Å². The van der Waals surface area contributed by atoms with E-state index in [0.29, 0.717) is 0 Å². The molecule has 1 aliphatic rings. The summed E-state index contributed by atoms with van der Waals surface area (Å²) in [6, 6.07) is 0.00259. The normalized spacial score (nSPS) is 36.3. The Bertz CT molecular complexity index is 108. The number of hydrogen-bond donors (Lipinski definition) is 2. The maximum Gasteiger partial charge on any atom is 0.0818 e. The van der Waals surface area contributed by atoms with E-state index >= 15 is 0 Å². The molecule has 0 aromatic heterocycles. The monoisotopic (exact) mass is 144 g/mol. The second-order valence-electron chi connectivity index (χ2n) is 2.91. The lowest BCUT2D eigenvalue weighted by Gasteiger charge is -2.33. The molecule has 1 aliphatic heterocycles. The lowest BCUT2D eigenvalue weighted by molar-refractivity contribution is 0.0562. The van der Waals surface area contributed by atoms with Gasteiger partial charge in [0.05, 0.1) is 6.10 Å². The van der Waals surface area contributed by atoms with Crippen molar-refractivity contribution in [1.29, 1.82) is 0 Å². The zero-order chi connectivity index (χ0) is 7.56. The number of piperidine rings is 1. The van der Waals surface area contributed by atoms with Crippen molar-refractivity contribution in [3.8, 4) is 0 Å². The molecular weight excluding hydrogens is 128 g/mol. The molecule has 0 bridgehead atoms. The van der Waals surface area contributed by atoms with E-state index in [1.165, 1.54) is 0 Å². The summed E-state index contributed by atoms with van der Waals surface area (Å²) in [5, 5.41) is 9.31. The van der Waals surface area contributed by atoms with Crippen LogP contribution in [-0.4, -0.2) is 41.8 Å². The van der Waals surface area contributed by atoms with Gasteiger partial charge in [-0.05, 0) is 19.5 Å². The van der Waals surface area contributed by atoms with Gasteiger partial charge in [-0.25, -0.2) is 0 Å². The van der Waals surface area contributed by atoms with Gasteiger partial charge in [-0.1, -0.05) is 6.92 Å². The molecule has 2 atom stereocenters. The SMILES string of the molecule is CCN1CCC(N)C(O)C1. The van der Waals surface area contributed by atoms with E-state index < -0.39 is 0 Å². The van der Waals surface area contributed by atoms with Crippen molar-refractivity contribution in [1.82, 2.24) is 4.90 Å². The van der Waals surface area contributed by atoms with Crippen LogP contribution in [0.5, 0.6) is 0 Å². The Kier molecular flexibility index (Phi) is 2.65. The third-order valence-corrected chi connectivity index (χ3v) is 2.17. The molecule has 1 rings (SSSR count). The van der Waals surface area contributed by atoms with E-state index in [-0.39, 0.29) is 12.1 Å². The predicted octanol–water partition coefficient (Wildman–Crippen LogP) is -0.600. The number of aliphatic hydroxyl groups is 1. The fourth-order valence-electron chi connectivity index (χ4n) is 1.30. The Balaban J connectivity index is 2.33. The highest BCUT2D eigenvalue weighted by atomic mass is 16.3. The zero-order valence-corrected chi connectivity index (χ0v) is 6.45. The molecule has 10 heavy (non-hydrogen) atoms. The molecule has 1 saturated heterocycles. The molecule has 0 radical (unpaired) electrons. The Morgan fingerprint density at radius 2 is 2.40 bits per heavy atom. The van der Waals surface area contributed by atoms with Gasteiger partial charge in [-0.3, -0.25) is 0 Å². The van der Waals surface area contributed by atoms with Gasteiger partial charge < -0.3 is 15.7 Å². The van der Waals surface area contributed by atoms with E-state index in [1.807, 2.05) is 0 Å². The van der Waals surface area contributed by atoms with Crippen molar-refractivity contribution in [3.05, 3.63) is 0 Å². The number of likely N-dealkylation sites (N-methyl/N-ethyl adjacent to an activating group) is 1. The Hall–Kier alpha value is -0.120. The van der Waals surface area contributed by atoms with Crippen LogP contribution in [0, 0.1) is 0 Å². The Morgan fingerprint density at radius 3 is 2.90 bits per heavy atom. The molecule has 0 amide bonds. The summed E-state index contributed by atoms with van der Waals surface area (Å²) in [5.74, 6) is 0. The third kappa shape index (κ3) is 1.68. The highest BCUT2D eigenvalue weighted by molar-refractivity contribution is 4.81. The topological polar surface area (TPSA) is 49.5 Å². The van der Waals surface area contributed by atoms with Crippen molar-refractivity contribution in [2.45, 2.75) is 25.5 Å². The van der Waals surface area contributed by atoms with Crippen LogP contribution < -0.4 is 5.73 Å². The van der Waals surface area contributed by atoms with E-state index in [4.69, 9.17) is 5.73 Å². The minimum Gasteiger partial charge on any atom is -0.390 e. The minimum atomic E-state index is -0.311. The average molecular weight is 144 g/mol. The molecule has 0 aromatic carbocycles. The lowest BCUT2D eigenvalue weighted by atomic mass is 10.0. The summed E-state index contributed by atoms with van der Waals surface area (Å²) in [6.07, 6.45) is 0.614. The number of nitrogens with zero attached hydrogens (tertiary/aromatic N) is 1. The third-order valence-electron chi connectivity index (χ3n) is 2.17. The summed E-state index contributed by atoms with van der Waals surface area (Å²) in [7, 11) is 0. The number of hydrogen-bond acceptors (Lipinski definition) is 3. The standard InChI is InChI=1S/C7H16N2O/c1-2-9-4-3-6(8)7(10)5-9/h6-7,10H,2-5,8H2,1H3. The summed E-state index contributed by atoms with van der Waals surface area (Å²) < 4.78 is 0. The minimum absolute atomic E-state index is 0.00259. The van der Waals surface area contributed by atoms with Gasteiger partial charge in [-0.2, -0.15) is 0 Å². The first-order valence-electron chi connectivity index (χ1n) is 3.90. The summed E-state index contributed by atoms with van der Waals surface area (Å²) in [4.78, 5) is 2.22. The van der Waals surface area contributed by atoms with Crippen molar-refractivity contribution >= 4 is 0 Å². The highest BCUT2D eigenvalue weighted by Gasteiger charge is 2.22. The largest absolute Gasteiger partial charge is 0.390 e. The second-order valence-corrected chi connectivity index (χ2v) is 2.91. The van der Waals surface area contributed by atoms with Crippen LogP contribution in [0.4, 0.5) is 0 Å². The highest BCUT2D eigenvalue weighted by Crippen LogP contribution is 2.07. The van der Waals surface area contributed by atoms with E-state index in [2.05, 4.69) is 11.8 Å². The van der Waals surface area contributed by atoms with Crippen LogP contribution in [0.15, 0.2) is 0 Å². The summed E-state index contributed by atoms with van der Waals surface area (Å²) in [5.41, 5.74) is 5.62. The van der Waals surface area contributed by atoms with Crippen LogP contribution in [0.2, 0.25) is 0 Å². The maximum absolute atomic E-state index is 9.31. The van der Waals surface area contributed by atoms with Crippen LogP contribution in [0.3, 0.4) is 0 Å². The first kappa shape index (κ1) is 7.98. The molecular formula is C7H16N2O. The summed E-state index contributed by atoms with van der Waals surface area (Å²) >= 11 is 0. The van der Waals surface area contributed by atoms with E-state index in [1.54, 1.807) is 0 Å². The molecule has 3 heteroatoms. The molecule has 1 fully saturated rings. The fraction of sp³-hybridized carbons (Fsp3) is 1.00. The fourth-order valence-corrected chi connectivity index (χ4v) is 1.30. The number of nitrogens with two attached hydrogens (primary N) is 1. The Morgan fingerprint density at radius 1 is 1.70 bits per heavy atom. The van der Waals surface area contributed by atoms with Crippen molar-refractivity contribution in [2.75, 3.05) is 19.6 Å². The van der Waals surface area contributed by atoms with Gasteiger partial charge >= 0.3 is 0 Å². The molecule has 0 aliphatic carbocycles. The van der Waals surface area contributed by atoms with Crippen molar-refractivity contribution < 1.29 is 5.11 Å². The van der Waals surface area contributed by atoms with Gasteiger partial charge in [-0.15, -0.1) is 0 Å².